The van der Waals surface area contributed by atoms with Crippen LogP contribution in [0.2, 0.25) is 0 Å². The Balaban J connectivity index is 2.19. The van der Waals surface area contributed by atoms with Gasteiger partial charge in [0.05, 0.1) is 13.2 Å². The standard InChI is InChI=1S/C15H19NOS/c1-3-16(10-15-5-4-8-18-15)14-7-6-13(11-17)12(2)9-14/h4-9,17H,3,10-11H2,1-2H3. The number of aliphatic hydroxyl groups is 1. The molecule has 0 saturated heterocycles. The van der Waals surface area contributed by atoms with Gasteiger partial charge in [-0.15, -0.1) is 11.3 Å². The number of thiophene rings is 1. The monoisotopic (exact) mass is 261 g/mol. The highest BCUT2D eigenvalue weighted by molar-refractivity contribution is 7.09. The molecule has 0 aliphatic heterocycles. The summed E-state index contributed by atoms with van der Waals surface area (Å²) in [5.74, 6) is 0. The predicted molar refractivity (Wildman–Crippen MR) is 78.1 cm³/mol. The van der Waals surface area contributed by atoms with Crippen LogP contribution in [-0.4, -0.2) is 11.7 Å². The van der Waals surface area contributed by atoms with Crippen LogP contribution in [0.4, 0.5) is 5.69 Å². The summed E-state index contributed by atoms with van der Waals surface area (Å²) >= 11 is 1.79. The number of rotatable bonds is 5. The molecule has 0 fully saturated rings. The van der Waals surface area contributed by atoms with Gasteiger partial charge in [-0.2, -0.15) is 0 Å². The summed E-state index contributed by atoms with van der Waals surface area (Å²) in [6.45, 7) is 6.27. The molecule has 1 N–H and O–H groups in total. The minimum absolute atomic E-state index is 0.114. The van der Waals surface area contributed by atoms with Crippen LogP contribution in [0.5, 0.6) is 0 Å². The fraction of sp³-hybridized carbons (Fsp3) is 0.333. The molecule has 0 aliphatic carbocycles. The predicted octanol–water partition coefficient (Wildman–Crippen LogP) is 3.58. The van der Waals surface area contributed by atoms with E-state index in [0.29, 0.717) is 0 Å². The molecule has 0 bridgehead atoms. The van der Waals surface area contributed by atoms with Gasteiger partial charge >= 0.3 is 0 Å². The number of aryl methyl sites for hydroxylation is 1. The highest BCUT2D eigenvalue weighted by atomic mass is 32.1. The molecule has 0 radical (unpaired) electrons. The molecule has 0 spiro atoms. The molecule has 0 saturated carbocycles. The molecule has 1 aromatic heterocycles. The second-order valence-corrected chi connectivity index (χ2v) is 5.39. The molecule has 1 heterocycles. The van der Waals surface area contributed by atoms with Crippen molar-refractivity contribution in [3.05, 3.63) is 51.7 Å². The number of hydrogen-bond acceptors (Lipinski definition) is 3. The lowest BCUT2D eigenvalue weighted by atomic mass is 10.1. The molecule has 18 heavy (non-hydrogen) atoms. The second kappa shape index (κ2) is 6.03. The van der Waals surface area contributed by atoms with Gasteiger partial charge in [-0.1, -0.05) is 12.1 Å². The van der Waals surface area contributed by atoms with Gasteiger partial charge in [0, 0.05) is 17.1 Å². The largest absolute Gasteiger partial charge is 0.392 e. The number of anilines is 1. The number of aliphatic hydroxyl groups excluding tert-OH is 1. The van der Waals surface area contributed by atoms with Crippen LogP contribution < -0.4 is 4.90 Å². The van der Waals surface area contributed by atoms with E-state index in [1.807, 2.05) is 13.0 Å². The zero-order valence-electron chi connectivity index (χ0n) is 10.9. The Morgan fingerprint density at radius 3 is 2.67 bits per heavy atom. The average molecular weight is 261 g/mol. The molecule has 0 atom stereocenters. The van der Waals surface area contributed by atoms with Crippen LogP contribution in [0.15, 0.2) is 35.7 Å². The first-order chi connectivity index (χ1) is 8.74. The van der Waals surface area contributed by atoms with E-state index < -0.39 is 0 Å². The first-order valence-corrected chi connectivity index (χ1v) is 7.10. The third-order valence-electron chi connectivity index (χ3n) is 3.17. The topological polar surface area (TPSA) is 23.5 Å². The van der Waals surface area contributed by atoms with Crippen molar-refractivity contribution in [2.24, 2.45) is 0 Å². The van der Waals surface area contributed by atoms with Gasteiger partial charge in [0.1, 0.15) is 0 Å². The van der Waals surface area contributed by atoms with Gasteiger partial charge in [-0.05, 0) is 48.6 Å². The number of nitrogens with zero attached hydrogens (tertiary/aromatic N) is 1. The minimum Gasteiger partial charge on any atom is -0.392 e. The Morgan fingerprint density at radius 2 is 2.11 bits per heavy atom. The summed E-state index contributed by atoms with van der Waals surface area (Å²) in [5, 5.41) is 11.3. The quantitative estimate of drug-likeness (QED) is 0.889. The summed E-state index contributed by atoms with van der Waals surface area (Å²) < 4.78 is 0. The normalized spacial score (nSPS) is 10.6. The first kappa shape index (κ1) is 13.1. The Morgan fingerprint density at radius 1 is 1.28 bits per heavy atom. The Hall–Kier alpha value is -1.32. The van der Waals surface area contributed by atoms with Gasteiger partial charge in [-0.3, -0.25) is 0 Å². The zero-order valence-corrected chi connectivity index (χ0v) is 11.7. The smallest absolute Gasteiger partial charge is 0.0684 e. The summed E-state index contributed by atoms with van der Waals surface area (Å²) in [6, 6.07) is 10.5. The molecule has 2 aromatic rings. The van der Waals surface area contributed by atoms with Crippen molar-refractivity contribution < 1.29 is 5.11 Å². The van der Waals surface area contributed by atoms with Crippen molar-refractivity contribution in [1.82, 2.24) is 0 Å². The van der Waals surface area contributed by atoms with Crippen LogP contribution in [0.3, 0.4) is 0 Å². The lowest BCUT2D eigenvalue weighted by molar-refractivity contribution is 0.281. The lowest BCUT2D eigenvalue weighted by Gasteiger charge is -2.23. The molecule has 3 heteroatoms. The molecular formula is C15H19NOS. The Bertz CT molecular complexity index is 493. The van der Waals surface area contributed by atoms with Crippen molar-refractivity contribution in [3.8, 4) is 0 Å². The van der Waals surface area contributed by atoms with E-state index in [4.69, 9.17) is 0 Å². The Labute approximate surface area is 113 Å². The maximum absolute atomic E-state index is 9.20. The Kier molecular flexibility index (Phi) is 4.39. The van der Waals surface area contributed by atoms with Crippen LogP contribution in [-0.2, 0) is 13.2 Å². The summed E-state index contributed by atoms with van der Waals surface area (Å²) in [5.41, 5.74) is 3.38. The SMILES string of the molecule is CCN(Cc1cccs1)c1ccc(CO)c(C)c1. The van der Waals surface area contributed by atoms with Crippen molar-refractivity contribution in [3.63, 3.8) is 0 Å². The minimum atomic E-state index is 0.114. The highest BCUT2D eigenvalue weighted by Crippen LogP contribution is 2.22. The molecule has 0 amide bonds. The third-order valence-corrected chi connectivity index (χ3v) is 4.03. The van der Waals surface area contributed by atoms with Gasteiger partial charge < -0.3 is 10.0 Å². The number of hydrogen-bond donors (Lipinski definition) is 1. The average Bonchev–Trinajstić information content (AvgIpc) is 2.88. The molecule has 0 unspecified atom stereocenters. The first-order valence-electron chi connectivity index (χ1n) is 6.22. The molecule has 1 aromatic carbocycles. The fourth-order valence-corrected chi connectivity index (χ4v) is 2.75. The van der Waals surface area contributed by atoms with E-state index in [1.54, 1.807) is 11.3 Å². The molecule has 2 nitrogen and oxygen atoms in total. The number of benzene rings is 1. The summed E-state index contributed by atoms with van der Waals surface area (Å²) in [4.78, 5) is 3.72. The van der Waals surface area contributed by atoms with Crippen LogP contribution in [0.1, 0.15) is 22.9 Å². The second-order valence-electron chi connectivity index (χ2n) is 4.36. The maximum atomic E-state index is 9.20. The van der Waals surface area contributed by atoms with Crippen LogP contribution in [0.25, 0.3) is 0 Å². The van der Waals surface area contributed by atoms with E-state index in [9.17, 15) is 5.11 Å². The molecule has 2 rings (SSSR count). The van der Waals surface area contributed by atoms with E-state index in [-0.39, 0.29) is 6.61 Å². The van der Waals surface area contributed by atoms with Crippen molar-refractivity contribution in [2.75, 3.05) is 11.4 Å². The fourth-order valence-electron chi connectivity index (χ4n) is 2.03. The highest BCUT2D eigenvalue weighted by Gasteiger charge is 2.07. The molecule has 0 aliphatic rings. The van der Waals surface area contributed by atoms with Gasteiger partial charge in [0.25, 0.3) is 0 Å². The maximum Gasteiger partial charge on any atom is 0.0684 e. The summed E-state index contributed by atoms with van der Waals surface area (Å²) in [7, 11) is 0. The van der Waals surface area contributed by atoms with E-state index in [2.05, 4.69) is 41.5 Å². The van der Waals surface area contributed by atoms with E-state index in [0.717, 1.165) is 24.2 Å². The van der Waals surface area contributed by atoms with E-state index >= 15 is 0 Å². The van der Waals surface area contributed by atoms with Crippen molar-refractivity contribution in [1.29, 1.82) is 0 Å². The van der Waals surface area contributed by atoms with Crippen LogP contribution in [0, 0.1) is 6.92 Å². The third kappa shape index (κ3) is 2.92. The van der Waals surface area contributed by atoms with Gasteiger partial charge in [0.2, 0.25) is 0 Å². The van der Waals surface area contributed by atoms with Gasteiger partial charge in [-0.25, -0.2) is 0 Å². The van der Waals surface area contributed by atoms with Crippen molar-refractivity contribution in [2.45, 2.75) is 27.0 Å². The zero-order chi connectivity index (χ0) is 13.0. The van der Waals surface area contributed by atoms with Crippen molar-refractivity contribution >= 4 is 17.0 Å². The molecular weight excluding hydrogens is 242 g/mol. The van der Waals surface area contributed by atoms with E-state index in [1.165, 1.54) is 10.6 Å². The van der Waals surface area contributed by atoms with Crippen LogP contribution >= 0.6 is 11.3 Å². The molecule has 96 valence electrons. The van der Waals surface area contributed by atoms with Gasteiger partial charge in [0.15, 0.2) is 0 Å². The summed E-state index contributed by atoms with van der Waals surface area (Å²) in [6.07, 6.45) is 0. The lowest BCUT2D eigenvalue weighted by Crippen LogP contribution is -2.21.